The molecule has 0 aliphatic heterocycles. The molecule has 0 unspecified atom stereocenters. The molecule has 0 spiro atoms. The fraction of sp³-hybridized carbons (Fsp3) is 0.867. The predicted molar refractivity (Wildman–Crippen MR) is 65.4 cm³/mol. The Morgan fingerprint density at radius 1 is 0.812 bits per heavy atom. The quantitative estimate of drug-likeness (QED) is 0.603. The third-order valence-corrected chi connectivity index (χ3v) is 4.82. The molecule has 2 aliphatic rings. The fourth-order valence-electron chi connectivity index (χ4n) is 3.57. The topological polar surface area (TPSA) is 0 Å². The Labute approximate surface area is 115 Å². The summed E-state index contributed by atoms with van der Waals surface area (Å²) in [7, 11) is 0. The van der Waals surface area contributed by atoms with Crippen molar-refractivity contribution in [2.45, 2.75) is 58.3 Å². The summed E-state index contributed by atoms with van der Waals surface area (Å²) in [5.74, 6) is 3.81. The van der Waals surface area contributed by atoms with E-state index in [2.05, 4.69) is 6.92 Å². The van der Waals surface area contributed by atoms with Crippen molar-refractivity contribution in [1.82, 2.24) is 0 Å². The van der Waals surface area contributed by atoms with Crippen LogP contribution in [0.2, 0.25) is 0 Å². The van der Waals surface area contributed by atoms with Gasteiger partial charge in [0.15, 0.2) is 0 Å². The molecule has 0 heterocycles. The van der Waals surface area contributed by atoms with Gasteiger partial charge >= 0.3 is 0 Å². The van der Waals surface area contributed by atoms with Crippen LogP contribution in [0.1, 0.15) is 58.3 Å². The van der Waals surface area contributed by atoms with E-state index in [0.717, 1.165) is 23.7 Å². The smallest absolute Gasteiger partial charge is 0 e. The van der Waals surface area contributed by atoms with Crippen molar-refractivity contribution in [3.8, 4) is 0 Å². The van der Waals surface area contributed by atoms with E-state index in [1.807, 2.05) is 6.08 Å². The first kappa shape index (κ1) is 14.5. The summed E-state index contributed by atoms with van der Waals surface area (Å²) in [4.78, 5) is 0. The molecule has 0 aromatic carbocycles. The average Bonchev–Trinajstić information content (AvgIpc) is 2.30. The summed E-state index contributed by atoms with van der Waals surface area (Å²) >= 11 is 0. The van der Waals surface area contributed by atoms with Gasteiger partial charge in [-0.25, -0.2) is 0 Å². The molecule has 1 heteroatoms. The molecular weight excluding hydrogens is 366 g/mol. The second kappa shape index (κ2) is 6.97. The predicted octanol–water partition coefficient (Wildman–Crippen LogP) is 4.61. The Bertz CT molecular complexity index is 195. The SMILES string of the molecule is [CH-]=CC1CCC(C2CCC(C)CC2)CC1.[Re]. The summed E-state index contributed by atoms with van der Waals surface area (Å²) in [6.45, 7) is 8.03. The molecule has 2 saturated carbocycles. The van der Waals surface area contributed by atoms with Crippen LogP contribution in [0.25, 0.3) is 0 Å². The molecule has 0 aromatic heterocycles. The standard InChI is InChI=1S/C15H25.Re/c1-3-13-6-10-15(11-7-13)14-8-4-12(2)5-9-14;/h1,3,12-15H,4-11H2,2H3;/q-1;. The molecule has 0 N–H and O–H groups in total. The zero-order valence-electron chi connectivity index (χ0n) is 10.5. The van der Waals surface area contributed by atoms with E-state index >= 15 is 0 Å². The molecule has 2 aliphatic carbocycles. The van der Waals surface area contributed by atoms with Crippen LogP contribution in [-0.4, -0.2) is 0 Å². The molecule has 1 radical (unpaired) electrons. The first-order chi connectivity index (χ1) is 7.29. The Hall–Kier alpha value is 0.402. The normalized spacial score (nSPS) is 39.8. The van der Waals surface area contributed by atoms with Crippen molar-refractivity contribution in [3.05, 3.63) is 12.7 Å². The van der Waals surface area contributed by atoms with Crippen molar-refractivity contribution < 1.29 is 20.4 Å². The van der Waals surface area contributed by atoms with Gasteiger partial charge in [-0.1, -0.05) is 25.7 Å². The first-order valence-corrected chi connectivity index (χ1v) is 6.84. The molecule has 0 saturated heterocycles. The summed E-state index contributed by atoms with van der Waals surface area (Å²) in [5, 5.41) is 0. The molecular formula is C15H25Re-. The van der Waals surface area contributed by atoms with Crippen molar-refractivity contribution in [3.63, 3.8) is 0 Å². The van der Waals surface area contributed by atoms with Crippen molar-refractivity contribution in [2.24, 2.45) is 23.7 Å². The zero-order chi connectivity index (χ0) is 10.7. The van der Waals surface area contributed by atoms with Crippen LogP contribution in [0.4, 0.5) is 0 Å². The molecule has 16 heavy (non-hydrogen) atoms. The van der Waals surface area contributed by atoms with Crippen LogP contribution in [0.3, 0.4) is 0 Å². The fourth-order valence-corrected chi connectivity index (χ4v) is 3.57. The maximum Gasteiger partial charge on any atom is 0 e. The van der Waals surface area contributed by atoms with Gasteiger partial charge < -0.3 is 6.58 Å². The third-order valence-electron chi connectivity index (χ3n) is 4.82. The van der Waals surface area contributed by atoms with Crippen LogP contribution in [0, 0.1) is 30.3 Å². The average molecular weight is 392 g/mol. The minimum Gasteiger partial charge on any atom is -0.518 e. The van der Waals surface area contributed by atoms with Crippen molar-refractivity contribution in [2.75, 3.05) is 0 Å². The second-order valence-electron chi connectivity index (χ2n) is 5.89. The van der Waals surface area contributed by atoms with E-state index in [1.54, 1.807) is 0 Å². The Morgan fingerprint density at radius 3 is 1.69 bits per heavy atom. The van der Waals surface area contributed by atoms with Crippen LogP contribution in [-0.2, 0) is 20.4 Å². The molecule has 0 atom stereocenters. The van der Waals surface area contributed by atoms with E-state index in [-0.39, 0.29) is 20.4 Å². The number of hydrogen-bond donors (Lipinski definition) is 0. The van der Waals surface area contributed by atoms with Crippen molar-refractivity contribution in [1.29, 1.82) is 0 Å². The van der Waals surface area contributed by atoms with Gasteiger partial charge in [0.1, 0.15) is 0 Å². The second-order valence-corrected chi connectivity index (χ2v) is 5.89. The van der Waals surface area contributed by atoms with Gasteiger partial charge in [0, 0.05) is 20.4 Å². The minimum absolute atomic E-state index is 0. The third kappa shape index (κ3) is 3.71. The molecule has 0 amide bonds. The summed E-state index contributed by atoms with van der Waals surface area (Å²) in [6.07, 6.45) is 13.5. The van der Waals surface area contributed by atoms with Gasteiger partial charge in [-0.2, -0.15) is 0 Å². The minimum atomic E-state index is 0. The maximum absolute atomic E-state index is 5.62. The molecule has 0 nitrogen and oxygen atoms in total. The van der Waals surface area contributed by atoms with Crippen LogP contribution >= 0.6 is 0 Å². The molecule has 93 valence electrons. The Kier molecular flexibility index (Phi) is 6.30. The monoisotopic (exact) mass is 392 g/mol. The molecule has 2 fully saturated rings. The van der Waals surface area contributed by atoms with Gasteiger partial charge in [0.05, 0.1) is 0 Å². The largest absolute Gasteiger partial charge is 0.518 e. The van der Waals surface area contributed by atoms with Crippen LogP contribution in [0.5, 0.6) is 0 Å². The van der Waals surface area contributed by atoms with Gasteiger partial charge in [-0.05, 0) is 56.3 Å². The van der Waals surface area contributed by atoms with Gasteiger partial charge in [-0.3, -0.25) is 6.08 Å². The molecule has 2 rings (SSSR count). The van der Waals surface area contributed by atoms with E-state index in [9.17, 15) is 0 Å². The zero-order valence-corrected chi connectivity index (χ0v) is 13.2. The van der Waals surface area contributed by atoms with E-state index < -0.39 is 0 Å². The van der Waals surface area contributed by atoms with Crippen molar-refractivity contribution >= 4 is 0 Å². The Morgan fingerprint density at radius 2 is 1.25 bits per heavy atom. The number of allylic oxidation sites excluding steroid dienone is 1. The number of hydrogen-bond acceptors (Lipinski definition) is 0. The van der Waals surface area contributed by atoms with E-state index in [0.29, 0.717) is 0 Å². The van der Waals surface area contributed by atoms with Gasteiger partial charge in [-0.15, -0.1) is 0 Å². The summed E-state index contributed by atoms with van der Waals surface area (Å²) in [6, 6.07) is 0. The van der Waals surface area contributed by atoms with Crippen LogP contribution in [0.15, 0.2) is 6.08 Å². The number of rotatable bonds is 2. The first-order valence-electron chi connectivity index (χ1n) is 6.84. The summed E-state index contributed by atoms with van der Waals surface area (Å²) < 4.78 is 0. The molecule has 0 aromatic rings. The Balaban J connectivity index is 0.00000128. The van der Waals surface area contributed by atoms with E-state index in [1.165, 1.54) is 51.4 Å². The summed E-state index contributed by atoms with van der Waals surface area (Å²) in [5.41, 5.74) is 0. The van der Waals surface area contributed by atoms with Crippen LogP contribution < -0.4 is 0 Å². The van der Waals surface area contributed by atoms with E-state index in [4.69, 9.17) is 6.58 Å². The van der Waals surface area contributed by atoms with Gasteiger partial charge in [0.2, 0.25) is 0 Å². The maximum atomic E-state index is 5.62. The molecule has 0 bridgehead atoms. The van der Waals surface area contributed by atoms with Gasteiger partial charge in [0.25, 0.3) is 0 Å².